The minimum absolute atomic E-state index is 0.112. The van der Waals surface area contributed by atoms with Gasteiger partial charge < -0.3 is 10.6 Å². The number of hydrogen-bond acceptors (Lipinski definition) is 4. The van der Waals surface area contributed by atoms with Crippen molar-refractivity contribution >= 4 is 29.3 Å². The second-order valence-electron chi connectivity index (χ2n) is 5.44. The Kier molecular flexibility index (Phi) is 5.45. The fourth-order valence-corrected chi connectivity index (χ4v) is 3.23. The van der Waals surface area contributed by atoms with Crippen LogP contribution < -0.4 is 10.6 Å². The van der Waals surface area contributed by atoms with Crippen molar-refractivity contribution in [3.05, 3.63) is 24.3 Å². The number of hydrogen-bond donors (Lipinski definition) is 2. The van der Waals surface area contributed by atoms with Gasteiger partial charge in [0.25, 0.3) is 0 Å². The summed E-state index contributed by atoms with van der Waals surface area (Å²) in [4.78, 5) is 23.9. The van der Waals surface area contributed by atoms with Crippen molar-refractivity contribution in [2.24, 2.45) is 0 Å². The minimum Gasteiger partial charge on any atom is -0.337 e. The highest BCUT2D eigenvalue weighted by atomic mass is 32.2. The minimum atomic E-state index is -0.660. The molecule has 2 rings (SSSR count). The van der Waals surface area contributed by atoms with Crippen LogP contribution in [0.2, 0.25) is 0 Å². The molecule has 2 N–H and O–H groups in total. The van der Waals surface area contributed by atoms with Gasteiger partial charge in [0.15, 0.2) is 0 Å². The lowest BCUT2D eigenvalue weighted by Crippen LogP contribution is -2.45. The van der Waals surface area contributed by atoms with Crippen LogP contribution in [0, 0.1) is 11.3 Å². The lowest BCUT2D eigenvalue weighted by atomic mass is 10.0. The molecule has 0 heterocycles. The van der Waals surface area contributed by atoms with Crippen LogP contribution in [0.3, 0.4) is 0 Å². The third-order valence-electron chi connectivity index (χ3n) is 3.59. The van der Waals surface area contributed by atoms with E-state index in [0.29, 0.717) is 0 Å². The molecule has 1 aliphatic rings. The zero-order valence-electron chi connectivity index (χ0n) is 12.5. The van der Waals surface area contributed by atoms with Gasteiger partial charge in [-0.25, -0.2) is 0 Å². The zero-order valence-corrected chi connectivity index (χ0v) is 13.3. The maximum absolute atomic E-state index is 12.0. The van der Waals surface area contributed by atoms with Gasteiger partial charge in [-0.05, 0) is 49.9 Å². The van der Waals surface area contributed by atoms with E-state index in [4.69, 9.17) is 0 Å². The summed E-state index contributed by atoms with van der Waals surface area (Å²) < 4.78 is 0. The summed E-state index contributed by atoms with van der Waals surface area (Å²) in [6.07, 6.45) is 3.47. The Labute approximate surface area is 134 Å². The molecule has 0 bridgehead atoms. The Morgan fingerprint density at radius 3 is 2.45 bits per heavy atom. The lowest BCUT2D eigenvalue weighted by molar-refractivity contribution is -0.119. The largest absolute Gasteiger partial charge is 0.337 e. The molecule has 0 aliphatic heterocycles. The molecule has 0 atom stereocenters. The SMILES string of the molecule is CC(=O)Nc1ccc(SCC(=O)NC2(C#N)CCCC2)cc1. The molecular formula is C16H19N3O2S. The third-order valence-corrected chi connectivity index (χ3v) is 4.61. The van der Waals surface area contributed by atoms with E-state index < -0.39 is 5.54 Å². The Hall–Kier alpha value is -2.00. The first-order chi connectivity index (χ1) is 10.5. The summed E-state index contributed by atoms with van der Waals surface area (Å²) in [6, 6.07) is 9.57. The lowest BCUT2D eigenvalue weighted by Gasteiger charge is -2.21. The molecule has 1 saturated carbocycles. The van der Waals surface area contributed by atoms with Gasteiger partial charge in [0.2, 0.25) is 11.8 Å². The van der Waals surface area contributed by atoms with Gasteiger partial charge >= 0.3 is 0 Å². The van der Waals surface area contributed by atoms with Gasteiger partial charge in [0.05, 0.1) is 11.8 Å². The van der Waals surface area contributed by atoms with Gasteiger partial charge in [-0.2, -0.15) is 5.26 Å². The predicted molar refractivity (Wildman–Crippen MR) is 86.4 cm³/mol. The average Bonchev–Trinajstić information content (AvgIpc) is 2.95. The number of thioether (sulfide) groups is 1. The fraction of sp³-hybridized carbons (Fsp3) is 0.438. The van der Waals surface area contributed by atoms with Crippen molar-refractivity contribution in [3.8, 4) is 6.07 Å². The number of carbonyl (C=O) groups is 2. The first-order valence-corrected chi connectivity index (χ1v) is 8.24. The summed E-state index contributed by atoms with van der Waals surface area (Å²) in [5.74, 6) is 0.0562. The quantitative estimate of drug-likeness (QED) is 0.818. The number of nitriles is 1. The molecule has 0 spiro atoms. The average molecular weight is 317 g/mol. The predicted octanol–water partition coefficient (Wildman–Crippen LogP) is 2.69. The summed E-state index contributed by atoms with van der Waals surface area (Å²) in [6.45, 7) is 1.46. The Morgan fingerprint density at radius 1 is 1.27 bits per heavy atom. The van der Waals surface area contributed by atoms with Crippen molar-refractivity contribution in [1.29, 1.82) is 5.26 Å². The van der Waals surface area contributed by atoms with Gasteiger partial charge in [-0.1, -0.05) is 0 Å². The summed E-state index contributed by atoms with van der Waals surface area (Å²) in [7, 11) is 0. The molecule has 1 aliphatic carbocycles. The van der Waals surface area contributed by atoms with E-state index in [1.807, 2.05) is 12.1 Å². The maximum Gasteiger partial charge on any atom is 0.231 e. The highest BCUT2D eigenvalue weighted by Gasteiger charge is 2.35. The molecule has 0 saturated heterocycles. The molecular weight excluding hydrogens is 298 g/mol. The van der Waals surface area contributed by atoms with Crippen molar-refractivity contribution < 1.29 is 9.59 Å². The van der Waals surface area contributed by atoms with Crippen LogP contribution in [0.5, 0.6) is 0 Å². The molecule has 1 fully saturated rings. The van der Waals surface area contributed by atoms with Gasteiger partial charge in [-0.3, -0.25) is 9.59 Å². The van der Waals surface area contributed by atoms with Crippen molar-refractivity contribution in [1.82, 2.24) is 5.32 Å². The number of nitrogens with zero attached hydrogens (tertiary/aromatic N) is 1. The molecule has 1 aromatic rings. The van der Waals surface area contributed by atoms with Crippen LogP contribution in [0.4, 0.5) is 5.69 Å². The number of benzene rings is 1. The van der Waals surface area contributed by atoms with E-state index in [2.05, 4.69) is 16.7 Å². The fourth-order valence-electron chi connectivity index (χ4n) is 2.53. The summed E-state index contributed by atoms with van der Waals surface area (Å²) in [5, 5.41) is 14.8. The Bertz CT molecular complexity index is 586. The molecule has 22 heavy (non-hydrogen) atoms. The first-order valence-electron chi connectivity index (χ1n) is 7.26. The van der Waals surface area contributed by atoms with Crippen molar-refractivity contribution in [2.45, 2.75) is 43.0 Å². The second-order valence-corrected chi connectivity index (χ2v) is 6.49. The van der Waals surface area contributed by atoms with E-state index in [1.165, 1.54) is 18.7 Å². The number of anilines is 1. The van der Waals surface area contributed by atoms with Crippen LogP contribution in [-0.4, -0.2) is 23.1 Å². The monoisotopic (exact) mass is 317 g/mol. The highest BCUT2D eigenvalue weighted by molar-refractivity contribution is 8.00. The summed E-state index contributed by atoms with van der Waals surface area (Å²) in [5.41, 5.74) is 0.0723. The maximum atomic E-state index is 12.0. The number of nitrogens with one attached hydrogen (secondary N) is 2. The molecule has 5 nitrogen and oxygen atoms in total. The van der Waals surface area contributed by atoms with E-state index in [1.54, 1.807) is 12.1 Å². The van der Waals surface area contributed by atoms with Crippen molar-refractivity contribution in [3.63, 3.8) is 0 Å². The van der Waals surface area contributed by atoms with E-state index >= 15 is 0 Å². The number of amides is 2. The molecule has 6 heteroatoms. The van der Waals surface area contributed by atoms with Gasteiger partial charge in [0, 0.05) is 17.5 Å². The van der Waals surface area contributed by atoms with Gasteiger partial charge in [-0.15, -0.1) is 11.8 Å². The van der Waals surface area contributed by atoms with Gasteiger partial charge in [0.1, 0.15) is 5.54 Å². The standard InChI is InChI=1S/C16H19N3O2S/c1-12(20)18-13-4-6-14(7-5-13)22-10-15(21)19-16(11-17)8-2-3-9-16/h4-7H,2-3,8-10H2,1H3,(H,18,20)(H,19,21). The molecule has 0 unspecified atom stereocenters. The molecule has 116 valence electrons. The summed E-state index contributed by atoms with van der Waals surface area (Å²) >= 11 is 1.41. The van der Waals surface area contributed by atoms with E-state index in [0.717, 1.165) is 36.3 Å². The third kappa shape index (κ3) is 4.50. The van der Waals surface area contributed by atoms with Crippen LogP contribution in [-0.2, 0) is 9.59 Å². The van der Waals surface area contributed by atoms with Crippen LogP contribution in [0.25, 0.3) is 0 Å². The molecule has 0 aromatic heterocycles. The number of carbonyl (C=O) groups excluding carboxylic acids is 2. The van der Waals surface area contributed by atoms with Crippen LogP contribution in [0.1, 0.15) is 32.6 Å². The highest BCUT2D eigenvalue weighted by Crippen LogP contribution is 2.29. The van der Waals surface area contributed by atoms with E-state index in [9.17, 15) is 14.9 Å². The molecule has 0 radical (unpaired) electrons. The van der Waals surface area contributed by atoms with Crippen LogP contribution >= 0.6 is 11.8 Å². The number of rotatable bonds is 5. The smallest absolute Gasteiger partial charge is 0.231 e. The molecule has 1 aromatic carbocycles. The normalized spacial score (nSPS) is 15.8. The Morgan fingerprint density at radius 2 is 1.91 bits per heavy atom. The topological polar surface area (TPSA) is 82.0 Å². The van der Waals surface area contributed by atoms with Crippen LogP contribution in [0.15, 0.2) is 29.2 Å². The second kappa shape index (κ2) is 7.32. The molecule has 2 amide bonds. The first kappa shape index (κ1) is 16.4. The van der Waals surface area contributed by atoms with Crippen molar-refractivity contribution in [2.75, 3.05) is 11.1 Å². The Balaban J connectivity index is 1.83. The zero-order chi connectivity index (χ0) is 16.0. The van der Waals surface area contributed by atoms with E-state index in [-0.39, 0.29) is 17.6 Å².